The summed E-state index contributed by atoms with van der Waals surface area (Å²) in [6.07, 6.45) is 2.33. The first kappa shape index (κ1) is 29.1. The summed E-state index contributed by atoms with van der Waals surface area (Å²) in [6, 6.07) is 6.80. The Hall–Kier alpha value is -2.88. The minimum Gasteiger partial charge on any atom is -0.444 e. The van der Waals surface area contributed by atoms with Gasteiger partial charge >= 0.3 is 6.09 Å². The first-order valence-electron chi connectivity index (χ1n) is 14.1. The van der Waals surface area contributed by atoms with Crippen LogP contribution < -0.4 is 15.5 Å². The van der Waals surface area contributed by atoms with Crippen LogP contribution in [-0.4, -0.2) is 90.7 Å². The summed E-state index contributed by atoms with van der Waals surface area (Å²) < 4.78 is 18.5. The Morgan fingerprint density at radius 1 is 1.03 bits per heavy atom. The molecule has 1 atom stereocenters. The van der Waals surface area contributed by atoms with E-state index in [-0.39, 0.29) is 23.7 Å². The highest BCUT2D eigenvalue weighted by Crippen LogP contribution is 2.41. The highest BCUT2D eigenvalue weighted by Gasteiger charge is 2.49. The van der Waals surface area contributed by atoms with Crippen LogP contribution >= 0.6 is 0 Å². The molecule has 3 aliphatic rings. The quantitative estimate of drug-likeness (QED) is 0.571. The van der Waals surface area contributed by atoms with Gasteiger partial charge in [-0.2, -0.15) is 0 Å². The number of hydrogen-bond acceptors (Lipinski definition) is 6. The van der Waals surface area contributed by atoms with Crippen LogP contribution in [0.25, 0.3) is 0 Å². The van der Waals surface area contributed by atoms with Gasteiger partial charge in [0.15, 0.2) is 0 Å². The first-order chi connectivity index (χ1) is 18.3. The van der Waals surface area contributed by atoms with Crippen LogP contribution in [0.4, 0.5) is 14.9 Å². The van der Waals surface area contributed by atoms with Crippen molar-refractivity contribution >= 4 is 23.6 Å². The van der Waals surface area contributed by atoms with Gasteiger partial charge in [0.25, 0.3) is 0 Å². The molecule has 0 aliphatic carbocycles. The van der Waals surface area contributed by atoms with Crippen molar-refractivity contribution in [2.24, 2.45) is 5.41 Å². The van der Waals surface area contributed by atoms with Gasteiger partial charge in [-0.3, -0.25) is 14.5 Å². The Labute approximate surface area is 231 Å². The second-order valence-electron chi connectivity index (χ2n) is 12.8. The topological polar surface area (TPSA) is 94.2 Å². The number of nitrogens with one attached hydrogen (secondary N) is 2. The summed E-state index contributed by atoms with van der Waals surface area (Å²) in [4.78, 5) is 45.0. The average Bonchev–Trinajstić information content (AvgIpc) is 3.16. The standard InChI is InChI=1S/C29H44FN5O4/c1-27(2,3)39-26(38)32-28(4,5)25(37)35-14-11-29(12-15-35)20-22(31-24(29)36)10-13-33-16-18-34(19-17-33)23-8-6-21(30)7-9-23/h6-9,22H,10-20H2,1-5H3,(H,31,36)(H,32,38)/t22-/m0/s1. The molecule has 3 saturated heterocycles. The number of amides is 3. The van der Waals surface area contributed by atoms with Crippen molar-refractivity contribution in [1.29, 1.82) is 0 Å². The van der Waals surface area contributed by atoms with Crippen molar-refractivity contribution < 1.29 is 23.5 Å². The Kier molecular flexibility index (Phi) is 8.44. The summed E-state index contributed by atoms with van der Waals surface area (Å²) in [5, 5.41) is 5.92. The number of carbonyl (C=O) groups is 3. The van der Waals surface area contributed by atoms with Crippen molar-refractivity contribution in [3.05, 3.63) is 30.1 Å². The lowest BCUT2D eigenvalue weighted by atomic mass is 9.75. The monoisotopic (exact) mass is 545 g/mol. The fourth-order valence-corrected chi connectivity index (χ4v) is 5.92. The molecule has 10 heteroatoms. The fourth-order valence-electron chi connectivity index (χ4n) is 5.92. The van der Waals surface area contributed by atoms with Crippen LogP contribution in [0.3, 0.4) is 0 Å². The van der Waals surface area contributed by atoms with Crippen molar-refractivity contribution in [1.82, 2.24) is 20.4 Å². The molecule has 0 aromatic heterocycles. The van der Waals surface area contributed by atoms with Crippen molar-refractivity contribution in [2.45, 2.75) is 77.5 Å². The van der Waals surface area contributed by atoms with Gasteiger partial charge in [-0.05, 0) is 84.6 Å². The van der Waals surface area contributed by atoms with Crippen LogP contribution in [0.2, 0.25) is 0 Å². The molecule has 0 saturated carbocycles. The maximum atomic E-state index is 13.2. The molecule has 3 heterocycles. The number of rotatable bonds is 6. The number of benzene rings is 1. The number of halogens is 1. The largest absolute Gasteiger partial charge is 0.444 e. The predicted octanol–water partition coefficient (Wildman–Crippen LogP) is 3.14. The summed E-state index contributed by atoms with van der Waals surface area (Å²) in [5.41, 5.74) is -1.12. The minimum absolute atomic E-state index is 0.104. The van der Waals surface area contributed by atoms with E-state index in [2.05, 4.69) is 20.4 Å². The molecule has 3 aliphatic heterocycles. The number of piperidine rings is 1. The highest BCUT2D eigenvalue weighted by molar-refractivity contribution is 5.90. The zero-order valence-corrected chi connectivity index (χ0v) is 24.0. The maximum Gasteiger partial charge on any atom is 0.408 e. The number of hydrogen-bond donors (Lipinski definition) is 2. The van der Waals surface area contributed by atoms with Crippen LogP contribution in [0, 0.1) is 11.2 Å². The van der Waals surface area contributed by atoms with Gasteiger partial charge < -0.3 is 25.2 Å². The van der Waals surface area contributed by atoms with E-state index in [1.54, 1.807) is 39.5 Å². The zero-order chi connectivity index (χ0) is 28.4. The second-order valence-corrected chi connectivity index (χ2v) is 12.8. The van der Waals surface area contributed by atoms with Crippen LogP contribution in [0.15, 0.2) is 24.3 Å². The molecule has 0 unspecified atom stereocenters. The number of carbonyl (C=O) groups excluding carboxylic acids is 3. The molecule has 3 amide bonds. The third kappa shape index (κ3) is 7.21. The molecule has 3 fully saturated rings. The molecule has 1 aromatic rings. The molecule has 0 radical (unpaired) electrons. The van der Waals surface area contributed by atoms with E-state index in [4.69, 9.17) is 4.74 Å². The molecule has 0 bridgehead atoms. The smallest absolute Gasteiger partial charge is 0.408 e. The van der Waals surface area contributed by atoms with Gasteiger partial charge in [0.1, 0.15) is 17.0 Å². The number of anilines is 1. The Bertz CT molecular complexity index is 1040. The molecular weight excluding hydrogens is 501 g/mol. The molecule has 4 rings (SSSR count). The molecule has 9 nitrogen and oxygen atoms in total. The maximum absolute atomic E-state index is 13.2. The predicted molar refractivity (Wildman–Crippen MR) is 148 cm³/mol. The van der Waals surface area contributed by atoms with E-state index >= 15 is 0 Å². The molecule has 39 heavy (non-hydrogen) atoms. The van der Waals surface area contributed by atoms with Gasteiger partial charge in [0.2, 0.25) is 11.8 Å². The number of likely N-dealkylation sites (tertiary alicyclic amines) is 1. The van der Waals surface area contributed by atoms with Gasteiger partial charge in [0, 0.05) is 57.5 Å². The zero-order valence-electron chi connectivity index (χ0n) is 24.0. The van der Waals surface area contributed by atoms with Crippen molar-refractivity contribution in [3.63, 3.8) is 0 Å². The lowest BCUT2D eigenvalue weighted by Gasteiger charge is -2.40. The van der Waals surface area contributed by atoms with Gasteiger partial charge in [0.05, 0.1) is 5.41 Å². The van der Waals surface area contributed by atoms with Crippen molar-refractivity contribution in [3.8, 4) is 0 Å². The second kappa shape index (κ2) is 11.3. The number of alkyl carbamates (subject to hydrolysis) is 1. The van der Waals surface area contributed by atoms with Crippen LogP contribution in [0.5, 0.6) is 0 Å². The Morgan fingerprint density at radius 3 is 2.23 bits per heavy atom. The summed E-state index contributed by atoms with van der Waals surface area (Å²) >= 11 is 0. The van der Waals surface area contributed by atoms with Crippen molar-refractivity contribution in [2.75, 3.05) is 50.7 Å². The number of piperazine rings is 1. The average molecular weight is 546 g/mol. The number of ether oxygens (including phenoxy) is 1. The Morgan fingerprint density at radius 2 is 1.64 bits per heavy atom. The molecule has 216 valence electrons. The minimum atomic E-state index is -1.10. The highest BCUT2D eigenvalue weighted by atomic mass is 19.1. The van der Waals surface area contributed by atoms with Gasteiger partial charge in [-0.25, -0.2) is 9.18 Å². The van der Waals surface area contributed by atoms with E-state index in [1.165, 1.54) is 12.1 Å². The van der Waals surface area contributed by atoms with Gasteiger partial charge in [-0.15, -0.1) is 0 Å². The molecule has 1 aromatic carbocycles. The van der Waals surface area contributed by atoms with E-state index < -0.39 is 22.6 Å². The van der Waals surface area contributed by atoms with E-state index in [0.717, 1.165) is 51.3 Å². The summed E-state index contributed by atoms with van der Waals surface area (Å²) in [6.45, 7) is 14.3. The molecule has 1 spiro atoms. The van der Waals surface area contributed by atoms with Crippen LogP contribution in [0.1, 0.15) is 60.3 Å². The summed E-state index contributed by atoms with van der Waals surface area (Å²) in [5.74, 6) is -0.283. The summed E-state index contributed by atoms with van der Waals surface area (Å²) in [7, 11) is 0. The van der Waals surface area contributed by atoms with E-state index in [9.17, 15) is 18.8 Å². The third-order valence-electron chi connectivity index (χ3n) is 8.17. The fraction of sp³-hybridized carbons (Fsp3) is 0.690. The van der Waals surface area contributed by atoms with Gasteiger partial charge in [-0.1, -0.05) is 0 Å². The van der Waals surface area contributed by atoms with E-state index in [0.29, 0.717) is 25.9 Å². The van der Waals surface area contributed by atoms with E-state index in [1.807, 2.05) is 12.1 Å². The molecular formula is C29H44FN5O4. The lowest BCUT2D eigenvalue weighted by molar-refractivity contribution is -0.142. The normalized spacial score (nSPS) is 22.1. The SMILES string of the molecule is CC(C)(C)OC(=O)NC(C)(C)C(=O)N1CCC2(CC1)C[C@H](CCN1CCN(c3ccc(F)cc3)CC1)NC2=O. The Balaban J connectivity index is 1.21. The lowest BCUT2D eigenvalue weighted by Crippen LogP contribution is -2.58. The first-order valence-corrected chi connectivity index (χ1v) is 14.1. The third-order valence-corrected chi connectivity index (χ3v) is 8.17. The number of nitrogens with zero attached hydrogens (tertiary/aromatic N) is 3. The molecule has 2 N–H and O–H groups in total. The van der Waals surface area contributed by atoms with Crippen LogP contribution in [-0.2, 0) is 14.3 Å².